The standard InChI is InChI=1S/C71H108ClF3N12O13/c1-46(2)39-55-65(94)78-53(33-38-100-10)66(95)81(5)44-61(91)79(3)45-62(92)83(7)56(41-47-23-14-11-15-24-47)68(97)80(4)43-58(88)77-52(32-30-48-29-31-50(51(72)40-48)71(73,74)75)67(96)87-37-22-27-54(87)64(93)76-34-19-18-28-59(89)85(9)63(49-25-16-12-17-26-49)70(99)84(8)57(42-60(90)82(55)6)69(98)86-35-20-13-21-36-86/h29,31,33,40,46-47,49,52,54-57,63H,11-28,30,32,34-39,41-45H2,1-10H3,(H,76,93)(H,77,88)(H,78,94)/b53-33+/t52-,54-,55-,56?,57-,63-/m0/s1. The number of halogens is 4. The van der Waals surface area contributed by atoms with E-state index in [-0.39, 0.29) is 94.0 Å². The minimum Gasteiger partial charge on any atom is -0.381 e. The Morgan fingerprint density at radius 2 is 1.28 bits per heavy atom. The Balaban J connectivity index is 1.34. The van der Waals surface area contributed by atoms with Gasteiger partial charge in [-0.15, -0.1) is 0 Å². The number of piperidine rings is 1. The quantitative estimate of drug-likeness (QED) is 0.235. The molecule has 1 aromatic rings. The van der Waals surface area contributed by atoms with Crippen LogP contribution < -0.4 is 16.0 Å². The van der Waals surface area contributed by atoms with Crippen molar-refractivity contribution in [1.29, 1.82) is 0 Å². The van der Waals surface area contributed by atoms with Crippen LogP contribution in [0.3, 0.4) is 0 Å². The lowest BCUT2D eigenvalue weighted by Crippen LogP contribution is -2.59. The van der Waals surface area contributed by atoms with E-state index in [0.29, 0.717) is 57.2 Å². The van der Waals surface area contributed by atoms with Crippen molar-refractivity contribution in [2.45, 2.75) is 204 Å². The Bertz CT molecular complexity index is 3080. The van der Waals surface area contributed by atoms with Crippen LogP contribution in [0.2, 0.25) is 5.02 Å². The average Bonchev–Trinajstić information content (AvgIpc) is 0.909. The van der Waals surface area contributed by atoms with E-state index in [0.717, 1.165) is 84.6 Å². The van der Waals surface area contributed by atoms with Crippen LogP contribution in [-0.2, 0) is 74.9 Å². The van der Waals surface area contributed by atoms with Crippen LogP contribution in [0, 0.1) is 17.8 Å². The summed E-state index contributed by atoms with van der Waals surface area (Å²) in [5, 5.41) is 7.75. The molecule has 3 saturated heterocycles. The monoisotopic (exact) mass is 1430 g/mol. The molecule has 3 heterocycles. The Morgan fingerprint density at radius 3 is 1.91 bits per heavy atom. The largest absolute Gasteiger partial charge is 0.417 e. The molecule has 1 aromatic carbocycles. The Morgan fingerprint density at radius 1 is 0.650 bits per heavy atom. The van der Waals surface area contributed by atoms with Crippen molar-refractivity contribution in [1.82, 2.24) is 60.0 Å². The summed E-state index contributed by atoms with van der Waals surface area (Å²) in [6, 6.07) is -3.90. The lowest BCUT2D eigenvalue weighted by Gasteiger charge is -2.41. The molecule has 0 spiro atoms. The number of amides is 12. The zero-order valence-electron chi connectivity index (χ0n) is 60.3. The number of likely N-dealkylation sites (N-methyl/N-ethyl adjacent to an activating group) is 7. The van der Waals surface area contributed by atoms with E-state index in [1.807, 2.05) is 13.8 Å². The van der Waals surface area contributed by atoms with Gasteiger partial charge in [0.15, 0.2) is 0 Å². The van der Waals surface area contributed by atoms with Crippen LogP contribution in [0.5, 0.6) is 0 Å². The Kier molecular flexibility index (Phi) is 31.5. The van der Waals surface area contributed by atoms with E-state index < -0.39 is 144 Å². The number of rotatable bonds is 11. The summed E-state index contributed by atoms with van der Waals surface area (Å²) in [6.45, 7) is 2.78. The molecule has 6 rings (SSSR count). The highest BCUT2D eigenvalue weighted by molar-refractivity contribution is 6.31. The highest BCUT2D eigenvalue weighted by Crippen LogP contribution is 2.36. The van der Waals surface area contributed by atoms with Crippen molar-refractivity contribution in [3.8, 4) is 0 Å². The molecule has 6 atom stereocenters. The van der Waals surface area contributed by atoms with Gasteiger partial charge in [0.1, 0.15) is 41.9 Å². The zero-order chi connectivity index (χ0) is 73.7. The predicted octanol–water partition coefficient (Wildman–Crippen LogP) is 5.40. The molecule has 3 aliphatic heterocycles. The second kappa shape index (κ2) is 38.6. The number of carbonyl (C=O) groups is 12. The zero-order valence-corrected chi connectivity index (χ0v) is 61.0. The molecule has 100 heavy (non-hydrogen) atoms. The van der Waals surface area contributed by atoms with Crippen molar-refractivity contribution >= 4 is 82.5 Å². The number of alkyl halides is 3. The van der Waals surface area contributed by atoms with Crippen molar-refractivity contribution in [2.75, 3.05) is 109 Å². The van der Waals surface area contributed by atoms with Crippen molar-refractivity contribution < 1.29 is 75.4 Å². The van der Waals surface area contributed by atoms with E-state index in [1.54, 1.807) is 11.9 Å². The summed E-state index contributed by atoms with van der Waals surface area (Å²) >= 11 is 6.10. The first-order valence-corrected chi connectivity index (χ1v) is 36.0. The molecule has 1 unspecified atom stereocenters. The average molecular weight is 1430 g/mol. The lowest BCUT2D eigenvalue weighted by atomic mass is 9.82. The highest BCUT2D eigenvalue weighted by Gasteiger charge is 2.44. The topological polar surface area (TPSA) is 279 Å². The summed E-state index contributed by atoms with van der Waals surface area (Å²) in [7, 11) is 11.3. The minimum atomic E-state index is -4.74. The van der Waals surface area contributed by atoms with Crippen LogP contribution >= 0.6 is 11.6 Å². The maximum atomic E-state index is 15.3. The number of nitrogens with zero attached hydrogens (tertiary/aromatic N) is 9. The van der Waals surface area contributed by atoms with Gasteiger partial charge in [-0.25, -0.2) is 0 Å². The van der Waals surface area contributed by atoms with E-state index in [9.17, 15) is 65.9 Å². The van der Waals surface area contributed by atoms with Gasteiger partial charge >= 0.3 is 6.18 Å². The van der Waals surface area contributed by atoms with Gasteiger partial charge in [-0.05, 0) is 125 Å². The first-order chi connectivity index (χ1) is 47.3. The van der Waals surface area contributed by atoms with E-state index >= 15 is 4.79 Å². The number of nitrogens with one attached hydrogen (secondary N) is 3. The SMILES string of the molecule is COC/C=C1/NC(=O)[C@H](CC(C)C)N(C)C(=O)C[C@@H](C(=O)N2CCCCC2)N(C)C(=O)[C@H](C2CCCCC2)N(C)C(=O)CCCCNC(=O)[C@@H]2CCCN2C(=O)[C@H](CCc2ccc(C(F)(F)F)c(Cl)c2)NC(=O)CN(C)C(=O)C(CC2CCCCC2)N(C)C(=O)CN(C)C(=O)CN(C)C1=O. The fourth-order valence-electron chi connectivity index (χ4n) is 14.4. The molecule has 0 radical (unpaired) electrons. The molecule has 3 N–H and O–H groups in total. The van der Waals surface area contributed by atoms with Gasteiger partial charge in [0, 0.05) is 89.0 Å². The van der Waals surface area contributed by atoms with E-state index in [1.165, 1.54) is 86.0 Å². The number of likely N-dealkylation sites (tertiary alicyclic amines) is 1. The molecule has 0 bridgehead atoms. The Labute approximate surface area is 592 Å². The number of ether oxygens (including phenoxy) is 1. The molecule has 25 nitrogen and oxygen atoms in total. The smallest absolute Gasteiger partial charge is 0.381 e. The van der Waals surface area contributed by atoms with Crippen molar-refractivity contribution in [2.24, 2.45) is 17.8 Å². The molecule has 12 amide bonds. The summed E-state index contributed by atoms with van der Waals surface area (Å²) in [5.74, 6) is -7.97. The molecule has 5 fully saturated rings. The van der Waals surface area contributed by atoms with E-state index in [2.05, 4.69) is 16.0 Å². The maximum absolute atomic E-state index is 15.3. The molecule has 558 valence electrons. The van der Waals surface area contributed by atoms with Crippen molar-refractivity contribution in [3.05, 3.63) is 46.1 Å². The Hall–Kier alpha value is -7.36. The normalized spacial score (nSPS) is 25.4. The molecule has 29 heteroatoms. The van der Waals surface area contributed by atoms with Gasteiger partial charge in [0.05, 0.1) is 43.2 Å². The number of aryl methyl sites for hydroxylation is 1. The van der Waals surface area contributed by atoms with E-state index in [4.69, 9.17) is 16.3 Å². The molecule has 0 aromatic heterocycles. The third-order valence-electron chi connectivity index (χ3n) is 20.4. The molecular weight excluding hydrogens is 1320 g/mol. The first kappa shape index (κ1) is 81.6. The van der Waals surface area contributed by atoms with Gasteiger partial charge in [-0.1, -0.05) is 82.9 Å². The van der Waals surface area contributed by atoms with Gasteiger partial charge in [0.2, 0.25) is 65.0 Å². The molecular formula is C71H108ClF3N12O13. The summed E-state index contributed by atoms with van der Waals surface area (Å²) in [4.78, 5) is 186. The molecule has 2 aliphatic carbocycles. The number of methoxy groups -OCH3 is 1. The lowest BCUT2D eigenvalue weighted by molar-refractivity contribution is -0.155. The first-order valence-electron chi connectivity index (χ1n) is 35.6. The predicted molar refractivity (Wildman–Crippen MR) is 368 cm³/mol. The number of fused-ring (bicyclic) bond motifs is 1. The molecule has 5 aliphatic rings. The van der Waals surface area contributed by atoms with Crippen molar-refractivity contribution in [3.63, 3.8) is 0 Å². The highest BCUT2D eigenvalue weighted by atomic mass is 35.5. The second-order valence-corrected chi connectivity index (χ2v) is 28.8. The van der Waals surface area contributed by atoms with Gasteiger partial charge in [-0.2, -0.15) is 13.2 Å². The minimum absolute atomic E-state index is 0.0174. The van der Waals surface area contributed by atoms with Gasteiger partial charge in [0.25, 0.3) is 5.91 Å². The number of carbonyl (C=O) groups excluding carboxylic acids is 12. The van der Waals surface area contributed by atoms with Crippen LogP contribution in [0.15, 0.2) is 30.0 Å². The van der Waals surface area contributed by atoms with Crippen LogP contribution in [0.25, 0.3) is 0 Å². The summed E-state index contributed by atoms with van der Waals surface area (Å²) in [6.07, 6.45) is 7.78. The number of benzene rings is 1. The van der Waals surface area contributed by atoms with Crippen LogP contribution in [-0.4, -0.2) is 260 Å². The van der Waals surface area contributed by atoms with Crippen LogP contribution in [0.1, 0.15) is 166 Å². The third kappa shape index (κ3) is 22.8. The number of hydrogen-bond acceptors (Lipinski definition) is 13. The van der Waals surface area contributed by atoms with Crippen LogP contribution in [0.4, 0.5) is 13.2 Å². The maximum Gasteiger partial charge on any atom is 0.417 e. The number of hydrogen-bond donors (Lipinski definition) is 3. The summed E-state index contributed by atoms with van der Waals surface area (Å²) in [5.41, 5.74) is -1.02. The fourth-order valence-corrected chi connectivity index (χ4v) is 14.7. The second-order valence-electron chi connectivity index (χ2n) is 28.4. The summed E-state index contributed by atoms with van der Waals surface area (Å²) < 4.78 is 46.5. The van der Waals surface area contributed by atoms with Gasteiger partial charge in [-0.3, -0.25) is 57.5 Å². The fraction of sp³-hybridized carbons (Fsp3) is 0.718. The third-order valence-corrected chi connectivity index (χ3v) is 20.8. The molecule has 2 saturated carbocycles. The van der Waals surface area contributed by atoms with Gasteiger partial charge < -0.3 is 64.8 Å².